The Morgan fingerprint density at radius 3 is 2.28 bits per heavy atom. The Bertz CT molecular complexity index is 296. The van der Waals surface area contributed by atoms with Crippen molar-refractivity contribution in [2.45, 2.75) is 26.4 Å². The van der Waals surface area contributed by atoms with Crippen molar-refractivity contribution in [3.05, 3.63) is 0 Å². The highest BCUT2D eigenvalue weighted by Gasteiger charge is 2.28. The first-order chi connectivity index (χ1) is 8.58. The number of nitrogens with two attached hydrogens (primary N) is 1. The fourth-order valence-electron chi connectivity index (χ4n) is 1.81. The number of carbonyl (C=O) groups is 2. The summed E-state index contributed by atoms with van der Waals surface area (Å²) in [7, 11) is 0. The third-order valence-corrected chi connectivity index (χ3v) is 2.95. The Morgan fingerprint density at radius 2 is 1.78 bits per heavy atom. The normalized spacial score (nSPS) is 18.4. The quantitative estimate of drug-likeness (QED) is 0.663. The van der Waals surface area contributed by atoms with Gasteiger partial charge in [0.1, 0.15) is 0 Å². The van der Waals surface area contributed by atoms with Crippen molar-refractivity contribution in [3.8, 4) is 0 Å². The molecule has 0 aromatic carbocycles. The van der Waals surface area contributed by atoms with Gasteiger partial charge >= 0.3 is 0 Å². The molecule has 2 N–H and O–H groups in total. The van der Waals surface area contributed by atoms with Gasteiger partial charge in [-0.25, -0.2) is 0 Å². The van der Waals surface area contributed by atoms with Crippen molar-refractivity contribution in [1.29, 1.82) is 0 Å². The Morgan fingerprint density at radius 1 is 1.22 bits per heavy atom. The standard InChI is InChI=1S/C12H23N3O3/c1-3-4-14-8-12(17)15(9-11(14)16)5-6-18-10(2)7-13/h10H,3-9,13H2,1-2H3. The molecule has 0 aliphatic carbocycles. The van der Waals surface area contributed by atoms with Crippen LogP contribution in [0.1, 0.15) is 20.3 Å². The number of hydrogen-bond acceptors (Lipinski definition) is 4. The summed E-state index contributed by atoms with van der Waals surface area (Å²) in [5, 5.41) is 0. The zero-order chi connectivity index (χ0) is 13.5. The van der Waals surface area contributed by atoms with Crippen LogP contribution < -0.4 is 5.73 Å². The molecule has 1 rings (SSSR count). The molecule has 6 heteroatoms. The minimum Gasteiger partial charge on any atom is -0.375 e. The second-order valence-electron chi connectivity index (χ2n) is 4.55. The summed E-state index contributed by atoms with van der Waals surface area (Å²) >= 11 is 0. The van der Waals surface area contributed by atoms with Crippen LogP contribution in [0.2, 0.25) is 0 Å². The lowest BCUT2D eigenvalue weighted by atomic mass is 10.2. The average molecular weight is 257 g/mol. The summed E-state index contributed by atoms with van der Waals surface area (Å²) in [6.07, 6.45) is 0.855. The number of rotatable bonds is 7. The van der Waals surface area contributed by atoms with E-state index in [1.807, 2.05) is 13.8 Å². The molecule has 6 nitrogen and oxygen atoms in total. The molecule has 0 aromatic heterocycles. The first kappa shape index (κ1) is 14.9. The van der Waals surface area contributed by atoms with Crippen molar-refractivity contribution in [2.24, 2.45) is 5.73 Å². The number of ether oxygens (including phenoxy) is 1. The minimum atomic E-state index is -0.0165. The van der Waals surface area contributed by atoms with Gasteiger partial charge in [-0.3, -0.25) is 9.59 Å². The minimum absolute atomic E-state index is 0.00736. The molecule has 0 saturated carbocycles. The molecule has 0 bridgehead atoms. The highest BCUT2D eigenvalue weighted by molar-refractivity contribution is 5.92. The number of piperazine rings is 1. The lowest BCUT2D eigenvalue weighted by Crippen LogP contribution is -2.54. The second kappa shape index (κ2) is 7.33. The molecule has 1 atom stereocenters. The van der Waals surface area contributed by atoms with Crippen LogP contribution in [0, 0.1) is 0 Å². The molecule has 1 fully saturated rings. The smallest absolute Gasteiger partial charge is 0.242 e. The molecule has 0 spiro atoms. The van der Waals surface area contributed by atoms with Crippen LogP contribution in [-0.2, 0) is 14.3 Å². The van der Waals surface area contributed by atoms with Gasteiger partial charge in [0.05, 0.1) is 25.8 Å². The monoisotopic (exact) mass is 257 g/mol. The van der Waals surface area contributed by atoms with E-state index in [4.69, 9.17) is 10.5 Å². The number of hydrogen-bond donors (Lipinski definition) is 1. The van der Waals surface area contributed by atoms with Crippen LogP contribution in [0.5, 0.6) is 0 Å². The molecule has 1 unspecified atom stereocenters. The maximum atomic E-state index is 11.8. The van der Waals surface area contributed by atoms with E-state index in [0.717, 1.165) is 6.42 Å². The number of carbonyl (C=O) groups excluding carboxylic acids is 2. The Hall–Kier alpha value is -1.14. The zero-order valence-corrected chi connectivity index (χ0v) is 11.2. The molecule has 0 aromatic rings. The SMILES string of the molecule is CCCN1CC(=O)N(CCOC(C)CN)CC1=O. The fourth-order valence-corrected chi connectivity index (χ4v) is 1.81. The van der Waals surface area contributed by atoms with Crippen LogP contribution in [0.25, 0.3) is 0 Å². The van der Waals surface area contributed by atoms with E-state index in [9.17, 15) is 9.59 Å². The summed E-state index contributed by atoms with van der Waals surface area (Å²) in [5.74, 6) is 0.00961. The third kappa shape index (κ3) is 4.27. The van der Waals surface area contributed by atoms with Gasteiger partial charge in [-0.2, -0.15) is 0 Å². The van der Waals surface area contributed by atoms with Crippen LogP contribution in [0.4, 0.5) is 0 Å². The maximum Gasteiger partial charge on any atom is 0.242 e. The van der Waals surface area contributed by atoms with Crippen molar-refractivity contribution in [2.75, 3.05) is 39.3 Å². The third-order valence-electron chi connectivity index (χ3n) is 2.95. The molecular weight excluding hydrogens is 234 g/mol. The predicted octanol–water partition coefficient (Wildman–Crippen LogP) is -0.569. The van der Waals surface area contributed by atoms with Crippen LogP contribution in [0.3, 0.4) is 0 Å². The summed E-state index contributed by atoms with van der Waals surface area (Å²) in [5.41, 5.74) is 5.43. The van der Waals surface area contributed by atoms with E-state index < -0.39 is 0 Å². The molecule has 1 heterocycles. The highest BCUT2D eigenvalue weighted by atomic mass is 16.5. The second-order valence-corrected chi connectivity index (χ2v) is 4.55. The van der Waals surface area contributed by atoms with Crippen molar-refractivity contribution < 1.29 is 14.3 Å². The van der Waals surface area contributed by atoms with Gasteiger partial charge in [0, 0.05) is 19.6 Å². The fraction of sp³-hybridized carbons (Fsp3) is 0.833. The van der Waals surface area contributed by atoms with Crippen molar-refractivity contribution in [3.63, 3.8) is 0 Å². The molecule has 2 amide bonds. The Kier molecular flexibility index (Phi) is 6.07. The summed E-state index contributed by atoms with van der Waals surface area (Å²) in [4.78, 5) is 26.8. The average Bonchev–Trinajstić information content (AvgIpc) is 2.35. The van der Waals surface area contributed by atoms with Crippen molar-refractivity contribution >= 4 is 11.8 Å². The number of nitrogens with zero attached hydrogens (tertiary/aromatic N) is 2. The molecule has 0 radical (unpaired) electrons. The largest absolute Gasteiger partial charge is 0.375 e. The van der Waals surface area contributed by atoms with E-state index in [1.54, 1.807) is 9.80 Å². The van der Waals surface area contributed by atoms with Gasteiger partial charge < -0.3 is 20.3 Å². The first-order valence-corrected chi connectivity index (χ1v) is 6.45. The molecular formula is C12H23N3O3. The predicted molar refractivity (Wildman–Crippen MR) is 67.9 cm³/mol. The lowest BCUT2D eigenvalue weighted by Gasteiger charge is -2.33. The lowest BCUT2D eigenvalue weighted by molar-refractivity contribution is -0.150. The summed E-state index contributed by atoms with van der Waals surface area (Å²) in [6, 6.07) is 0. The topological polar surface area (TPSA) is 75.9 Å². The zero-order valence-electron chi connectivity index (χ0n) is 11.2. The van der Waals surface area contributed by atoms with E-state index in [1.165, 1.54) is 0 Å². The summed E-state index contributed by atoms with van der Waals surface area (Å²) in [6.45, 7) is 6.22. The van der Waals surface area contributed by atoms with Gasteiger partial charge in [0.15, 0.2) is 0 Å². The molecule has 18 heavy (non-hydrogen) atoms. The van der Waals surface area contributed by atoms with Gasteiger partial charge in [-0.05, 0) is 13.3 Å². The van der Waals surface area contributed by atoms with Gasteiger partial charge in [0.2, 0.25) is 11.8 Å². The van der Waals surface area contributed by atoms with E-state index in [-0.39, 0.29) is 31.0 Å². The van der Waals surface area contributed by atoms with Crippen LogP contribution in [0.15, 0.2) is 0 Å². The number of amides is 2. The highest BCUT2D eigenvalue weighted by Crippen LogP contribution is 2.05. The van der Waals surface area contributed by atoms with Gasteiger partial charge in [-0.1, -0.05) is 6.92 Å². The van der Waals surface area contributed by atoms with E-state index >= 15 is 0 Å². The van der Waals surface area contributed by atoms with Gasteiger partial charge in [0.25, 0.3) is 0 Å². The molecule has 1 saturated heterocycles. The van der Waals surface area contributed by atoms with Crippen molar-refractivity contribution in [1.82, 2.24) is 9.80 Å². The molecule has 1 aliphatic heterocycles. The Labute approximate surface area is 108 Å². The van der Waals surface area contributed by atoms with E-state index in [0.29, 0.717) is 26.2 Å². The maximum absolute atomic E-state index is 11.8. The van der Waals surface area contributed by atoms with Crippen LogP contribution >= 0.6 is 0 Å². The van der Waals surface area contributed by atoms with Crippen LogP contribution in [-0.4, -0.2) is 67.0 Å². The van der Waals surface area contributed by atoms with Gasteiger partial charge in [-0.15, -0.1) is 0 Å². The van der Waals surface area contributed by atoms with E-state index in [2.05, 4.69) is 0 Å². The molecule has 104 valence electrons. The first-order valence-electron chi connectivity index (χ1n) is 6.45. The summed E-state index contributed by atoms with van der Waals surface area (Å²) < 4.78 is 5.41. The molecule has 1 aliphatic rings. The Balaban J connectivity index is 2.35.